The van der Waals surface area contributed by atoms with Crippen LogP contribution in [0.3, 0.4) is 0 Å². The second kappa shape index (κ2) is 7.81. The van der Waals surface area contributed by atoms with Crippen molar-refractivity contribution in [2.24, 2.45) is 0 Å². The van der Waals surface area contributed by atoms with Gasteiger partial charge in [0.05, 0.1) is 6.54 Å². The molecule has 128 valence electrons. The Morgan fingerprint density at radius 2 is 2.00 bits per heavy atom. The number of amides is 2. The standard InChI is InChI=1S/C19H24N2O3/c1-5-16-15(14-8-6-7-9-17(14)24-16)10-11-19(23)21(4)12-18(22)20-13(2)3/h6-11,13H,5,12H2,1-4H3,(H,20,22)/b11-10+. The lowest BCUT2D eigenvalue weighted by Gasteiger charge is -2.16. The maximum absolute atomic E-state index is 12.2. The van der Waals surface area contributed by atoms with Crippen molar-refractivity contribution in [2.75, 3.05) is 13.6 Å². The van der Waals surface area contributed by atoms with Gasteiger partial charge in [-0.3, -0.25) is 9.59 Å². The van der Waals surface area contributed by atoms with Gasteiger partial charge in [0.1, 0.15) is 11.3 Å². The third kappa shape index (κ3) is 4.25. The normalized spacial score (nSPS) is 11.4. The number of rotatable bonds is 6. The molecule has 0 aliphatic carbocycles. The Morgan fingerprint density at radius 3 is 2.67 bits per heavy atom. The number of benzene rings is 1. The van der Waals surface area contributed by atoms with Crippen LogP contribution in [-0.2, 0) is 16.0 Å². The number of fused-ring (bicyclic) bond motifs is 1. The first kappa shape index (κ1) is 17.8. The molecule has 0 radical (unpaired) electrons. The van der Waals surface area contributed by atoms with E-state index in [1.807, 2.05) is 45.0 Å². The number of para-hydroxylation sites is 1. The molecular formula is C19H24N2O3. The molecule has 0 saturated heterocycles. The average molecular weight is 328 g/mol. The molecule has 2 aromatic rings. The minimum Gasteiger partial charge on any atom is -0.460 e. The second-order valence-corrected chi connectivity index (χ2v) is 6.04. The third-order valence-corrected chi connectivity index (χ3v) is 3.63. The van der Waals surface area contributed by atoms with Crippen molar-refractivity contribution in [3.05, 3.63) is 41.7 Å². The molecule has 0 bridgehead atoms. The summed E-state index contributed by atoms with van der Waals surface area (Å²) in [4.78, 5) is 25.3. The van der Waals surface area contributed by atoms with Gasteiger partial charge in [-0.15, -0.1) is 0 Å². The zero-order valence-corrected chi connectivity index (χ0v) is 14.6. The summed E-state index contributed by atoms with van der Waals surface area (Å²) in [6.45, 7) is 5.82. The summed E-state index contributed by atoms with van der Waals surface area (Å²) >= 11 is 0. The highest BCUT2D eigenvalue weighted by molar-refractivity contribution is 5.97. The van der Waals surface area contributed by atoms with Crippen molar-refractivity contribution in [3.8, 4) is 0 Å². The molecule has 1 N–H and O–H groups in total. The number of likely N-dealkylation sites (N-methyl/N-ethyl adjacent to an activating group) is 1. The van der Waals surface area contributed by atoms with Crippen LogP contribution in [0, 0.1) is 0 Å². The highest BCUT2D eigenvalue weighted by Gasteiger charge is 2.13. The Kier molecular flexibility index (Phi) is 5.79. The van der Waals surface area contributed by atoms with Gasteiger partial charge in [0.15, 0.2) is 0 Å². The van der Waals surface area contributed by atoms with Crippen LogP contribution in [0.2, 0.25) is 0 Å². The highest BCUT2D eigenvalue weighted by Crippen LogP contribution is 2.27. The Labute approximate surface area is 142 Å². The van der Waals surface area contributed by atoms with Crippen molar-refractivity contribution in [2.45, 2.75) is 33.2 Å². The van der Waals surface area contributed by atoms with Gasteiger partial charge < -0.3 is 14.6 Å². The molecule has 5 nitrogen and oxygen atoms in total. The van der Waals surface area contributed by atoms with Crippen molar-refractivity contribution >= 4 is 28.9 Å². The predicted molar refractivity (Wildman–Crippen MR) is 95.5 cm³/mol. The number of hydrogen-bond donors (Lipinski definition) is 1. The zero-order valence-electron chi connectivity index (χ0n) is 14.6. The number of carbonyl (C=O) groups excluding carboxylic acids is 2. The molecule has 0 aliphatic rings. The molecule has 1 aromatic heterocycles. The molecule has 24 heavy (non-hydrogen) atoms. The SMILES string of the molecule is CCc1oc2ccccc2c1/C=C/C(=O)N(C)CC(=O)NC(C)C. The lowest BCUT2D eigenvalue weighted by Crippen LogP contribution is -2.40. The summed E-state index contributed by atoms with van der Waals surface area (Å²) in [6, 6.07) is 7.81. The lowest BCUT2D eigenvalue weighted by molar-refractivity contribution is -0.131. The van der Waals surface area contributed by atoms with Crippen molar-refractivity contribution in [3.63, 3.8) is 0 Å². The van der Waals surface area contributed by atoms with Gasteiger partial charge in [-0.05, 0) is 26.0 Å². The molecule has 0 fully saturated rings. The van der Waals surface area contributed by atoms with Crippen LogP contribution in [0.5, 0.6) is 0 Å². The van der Waals surface area contributed by atoms with E-state index in [-0.39, 0.29) is 24.4 Å². The number of furan rings is 1. The third-order valence-electron chi connectivity index (χ3n) is 3.63. The topological polar surface area (TPSA) is 62.6 Å². The Bertz CT molecular complexity index is 759. The van der Waals surface area contributed by atoms with E-state index in [1.165, 1.54) is 11.0 Å². The minimum absolute atomic E-state index is 0.0358. The Morgan fingerprint density at radius 1 is 1.29 bits per heavy atom. The van der Waals surface area contributed by atoms with Gasteiger partial charge in [-0.2, -0.15) is 0 Å². The average Bonchev–Trinajstić information content (AvgIpc) is 2.89. The van der Waals surface area contributed by atoms with Gasteiger partial charge in [-0.25, -0.2) is 0 Å². The van der Waals surface area contributed by atoms with Gasteiger partial charge >= 0.3 is 0 Å². The first-order valence-electron chi connectivity index (χ1n) is 8.15. The molecule has 0 unspecified atom stereocenters. The number of nitrogens with zero attached hydrogens (tertiary/aromatic N) is 1. The van der Waals surface area contributed by atoms with E-state index in [0.717, 1.165) is 28.7 Å². The molecule has 0 atom stereocenters. The molecule has 2 rings (SSSR count). The van der Waals surface area contributed by atoms with Crippen LogP contribution < -0.4 is 5.32 Å². The van der Waals surface area contributed by atoms with Crippen LogP contribution in [-0.4, -0.2) is 36.3 Å². The van der Waals surface area contributed by atoms with Gasteiger partial charge in [0.2, 0.25) is 11.8 Å². The van der Waals surface area contributed by atoms with E-state index in [1.54, 1.807) is 13.1 Å². The monoisotopic (exact) mass is 328 g/mol. The number of carbonyl (C=O) groups is 2. The van der Waals surface area contributed by atoms with Crippen LogP contribution in [0.1, 0.15) is 32.1 Å². The fraction of sp³-hybridized carbons (Fsp3) is 0.368. The summed E-state index contributed by atoms with van der Waals surface area (Å²) in [5, 5.41) is 3.75. The summed E-state index contributed by atoms with van der Waals surface area (Å²) in [5.41, 5.74) is 1.73. The molecule has 2 amide bonds. The maximum atomic E-state index is 12.2. The summed E-state index contributed by atoms with van der Waals surface area (Å²) in [7, 11) is 1.61. The van der Waals surface area contributed by atoms with Crippen LogP contribution in [0.25, 0.3) is 17.0 Å². The van der Waals surface area contributed by atoms with E-state index in [4.69, 9.17) is 4.42 Å². The summed E-state index contributed by atoms with van der Waals surface area (Å²) < 4.78 is 5.81. The number of hydrogen-bond acceptors (Lipinski definition) is 3. The van der Waals surface area contributed by atoms with E-state index >= 15 is 0 Å². The van der Waals surface area contributed by atoms with Gasteiger partial charge in [0, 0.05) is 36.5 Å². The summed E-state index contributed by atoms with van der Waals surface area (Å²) in [5.74, 6) is 0.457. The molecule has 5 heteroatoms. The van der Waals surface area contributed by atoms with Gasteiger partial charge in [-0.1, -0.05) is 25.1 Å². The quantitative estimate of drug-likeness (QED) is 0.829. The molecular weight excluding hydrogens is 304 g/mol. The Balaban J connectivity index is 2.12. The first-order valence-corrected chi connectivity index (χ1v) is 8.15. The number of aryl methyl sites for hydroxylation is 1. The van der Waals surface area contributed by atoms with Crippen molar-refractivity contribution < 1.29 is 14.0 Å². The van der Waals surface area contributed by atoms with E-state index < -0.39 is 0 Å². The van der Waals surface area contributed by atoms with E-state index in [9.17, 15) is 9.59 Å². The highest BCUT2D eigenvalue weighted by atomic mass is 16.3. The molecule has 0 saturated carbocycles. The van der Waals surface area contributed by atoms with E-state index in [0.29, 0.717) is 0 Å². The molecule has 1 aromatic carbocycles. The van der Waals surface area contributed by atoms with Crippen molar-refractivity contribution in [1.29, 1.82) is 0 Å². The smallest absolute Gasteiger partial charge is 0.246 e. The molecule has 0 spiro atoms. The van der Waals surface area contributed by atoms with Crippen LogP contribution in [0.15, 0.2) is 34.8 Å². The predicted octanol–water partition coefficient (Wildman–Crippen LogP) is 2.99. The van der Waals surface area contributed by atoms with Crippen molar-refractivity contribution in [1.82, 2.24) is 10.2 Å². The largest absolute Gasteiger partial charge is 0.460 e. The zero-order chi connectivity index (χ0) is 17.7. The number of nitrogens with one attached hydrogen (secondary N) is 1. The van der Waals surface area contributed by atoms with E-state index in [2.05, 4.69) is 5.32 Å². The van der Waals surface area contributed by atoms with Crippen LogP contribution >= 0.6 is 0 Å². The minimum atomic E-state index is -0.221. The summed E-state index contributed by atoms with van der Waals surface area (Å²) in [6.07, 6.45) is 4.00. The molecule has 1 heterocycles. The fourth-order valence-corrected chi connectivity index (χ4v) is 2.50. The molecule has 0 aliphatic heterocycles. The maximum Gasteiger partial charge on any atom is 0.246 e. The Hall–Kier alpha value is -2.56. The fourth-order valence-electron chi connectivity index (χ4n) is 2.50. The second-order valence-electron chi connectivity index (χ2n) is 6.04. The van der Waals surface area contributed by atoms with Gasteiger partial charge in [0.25, 0.3) is 0 Å². The lowest BCUT2D eigenvalue weighted by atomic mass is 10.1. The van der Waals surface area contributed by atoms with Crippen LogP contribution in [0.4, 0.5) is 0 Å². The first-order chi connectivity index (χ1) is 11.4.